The molecule has 0 atom stereocenters. The first-order chi connectivity index (χ1) is 10.9. The minimum Gasteiger partial charge on any atom is -0.464 e. The highest BCUT2D eigenvalue weighted by molar-refractivity contribution is 7.89. The smallest absolute Gasteiger partial charge is 0.354 e. The van der Waals surface area contributed by atoms with Crippen LogP contribution in [0.4, 0.5) is 0 Å². The maximum absolute atomic E-state index is 12.7. The Kier molecular flexibility index (Phi) is 3.95. The van der Waals surface area contributed by atoms with Crippen LogP contribution < -0.4 is 0 Å². The van der Waals surface area contributed by atoms with Gasteiger partial charge in [0.25, 0.3) is 10.0 Å². The van der Waals surface area contributed by atoms with Gasteiger partial charge in [-0.05, 0) is 24.3 Å². The molecule has 1 aliphatic rings. The number of hydrogen-bond acceptors (Lipinski definition) is 5. The van der Waals surface area contributed by atoms with Crippen molar-refractivity contribution in [3.8, 4) is 0 Å². The Bertz CT molecular complexity index is 824. The van der Waals surface area contributed by atoms with Gasteiger partial charge < -0.3 is 9.30 Å². The Hall–Kier alpha value is -2.19. The number of carbonyl (C=O) groups excluding carboxylic acids is 1. The molecular weight excluding hydrogens is 318 g/mol. The molecule has 0 unspecified atom stereocenters. The van der Waals surface area contributed by atoms with E-state index in [1.807, 2.05) is 18.2 Å². The van der Waals surface area contributed by atoms with Gasteiger partial charge in [0.1, 0.15) is 5.69 Å². The molecule has 2 aromatic rings. The number of carbonyl (C=O) groups is 1. The Morgan fingerprint density at radius 1 is 1.26 bits per heavy atom. The van der Waals surface area contributed by atoms with Crippen LogP contribution in [0, 0.1) is 0 Å². The van der Waals surface area contributed by atoms with E-state index in [0.717, 1.165) is 5.69 Å². The fourth-order valence-electron chi connectivity index (χ4n) is 2.63. The first kappa shape index (κ1) is 15.7. The molecule has 1 saturated heterocycles. The van der Waals surface area contributed by atoms with E-state index < -0.39 is 16.0 Å². The molecule has 3 heterocycles. The first-order valence-corrected chi connectivity index (χ1v) is 8.54. The SMILES string of the molecule is COC(=O)c1ccc(S(=O)(=O)N2CC(c3ccccn3)C2)n1C. The molecule has 1 fully saturated rings. The monoisotopic (exact) mass is 335 g/mol. The van der Waals surface area contributed by atoms with Crippen LogP contribution in [0.3, 0.4) is 0 Å². The van der Waals surface area contributed by atoms with Crippen molar-refractivity contribution in [3.63, 3.8) is 0 Å². The Balaban J connectivity index is 1.79. The molecule has 0 radical (unpaired) electrons. The number of rotatable bonds is 4. The fraction of sp³-hybridized carbons (Fsp3) is 0.333. The lowest BCUT2D eigenvalue weighted by atomic mass is 9.99. The van der Waals surface area contributed by atoms with Crippen LogP contribution in [0.15, 0.2) is 41.6 Å². The van der Waals surface area contributed by atoms with E-state index in [1.165, 1.54) is 35.2 Å². The lowest BCUT2D eigenvalue weighted by Gasteiger charge is -2.37. The highest BCUT2D eigenvalue weighted by atomic mass is 32.2. The van der Waals surface area contributed by atoms with Crippen LogP contribution in [0.2, 0.25) is 0 Å². The molecule has 0 bridgehead atoms. The van der Waals surface area contributed by atoms with E-state index in [-0.39, 0.29) is 16.6 Å². The van der Waals surface area contributed by atoms with E-state index in [9.17, 15) is 13.2 Å². The summed E-state index contributed by atoms with van der Waals surface area (Å²) in [6, 6.07) is 8.49. The zero-order valence-electron chi connectivity index (χ0n) is 12.8. The molecule has 8 heteroatoms. The van der Waals surface area contributed by atoms with Crippen molar-refractivity contribution in [1.82, 2.24) is 13.9 Å². The molecular formula is C15H17N3O4S. The Morgan fingerprint density at radius 3 is 2.61 bits per heavy atom. The van der Waals surface area contributed by atoms with Crippen molar-refractivity contribution in [2.45, 2.75) is 10.9 Å². The molecule has 0 aliphatic carbocycles. The number of methoxy groups -OCH3 is 1. The summed E-state index contributed by atoms with van der Waals surface area (Å²) in [5, 5.41) is 0.0809. The van der Waals surface area contributed by atoms with Crippen molar-refractivity contribution < 1.29 is 17.9 Å². The van der Waals surface area contributed by atoms with E-state index in [4.69, 9.17) is 0 Å². The second kappa shape index (κ2) is 5.78. The van der Waals surface area contributed by atoms with Gasteiger partial charge in [-0.15, -0.1) is 0 Å². The molecule has 0 spiro atoms. The summed E-state index contributed by atoms with van der Waals surface area (Å²) in [5.41, 5.74) is 1.09. The predicted molar refractivity (Wildman–Crippen MR) is 82.5 cm³/mol. The molecule has 1 aliphatic heterocycles. The van der Waals surface area contributed by atoms with Crippen LogP contribution in [0.25, 0.3) is 0 Å². The second-order valence-electron chi connectivity index (χ2n) is 5.38. The van der Waals surface area contributed by atoms with Crippen LogP contribution in [0.5, 0.6) is 0 Å². The van der Waals surface area contributed by atoms with E-state index in [0.29, 0.717) is 13.1 Å². The summed E-state index contributed by atoms with van der Waals surface area (Å²) >= 11 is 0. The standard InChI is InChI=1S/C15H17N3O4S/c1-17-13(15(19)22-2)6-7-14(17)23(20,21)18-9-11(10-18)12-5-3-4-8-16-12/h3-8,11H,9-10H2,1-2H3. The lowest BCUT2D eigenvalue weighted by Crippen LogP contribution is -2.48. The predicted octanol–water partition coefficient (Wildman–Crippen LogP) is 0.995. The van der Waals surface area contributed by atoms with Crippen molar-refractivity contribution in [1.29, 1.82) is 0 Å². The van der Waals surface area contributed by atoms with Crippen LogP contribution in [-0.2, 0) is 21.8 Å². The van der Waals surface area contributed by atoms with Crippen LogP contribution in [-0.4, -0.2) is 48.4 Å². The second-order valence-corrected chi connectivity index (χ2v) is 7.27. The van der Waals surface area contributed by atoms with Crippen molar-refractivity contribution in [2.75, 3.05) is 20.2 Å². The number of esters is 1. The number of pyridine rings is 1. The minimum absolute atomic E-state index is 0.0809. The van der Waals surface area contributed by atoms with Gasteiger partial charge in [0.2, 0.25) is 0 Å². The zero-order chi connectivity index (χ0) is 16.6. The average Bonchev–Trinajstić information content (AvgIpc) is 2.88. The molecule has 0 aromatic carbocycles. The maximum Gasteiger partial charge on any atom is 0.354 e. The molecule has 0 saturated carbocycles. The maximum atomic E-state index is 12.7. The van der Waals surface area contributed by atoms with Gasteiger partial charge in [0, 0.05) is 37.9 Å². The topological polar surface area (TPSA) is 81.5 Å². The third kappa shape index (κ3) is 2.64. The quantitative estimate of drug-likeness (QED) is 0.779. The van der Waals surface area contributed by atoms with Crippen molar-refractivity contribution >= 4 is 16.0 Å². The van der Waals surface area contributed by atoms with Crippen LogP contribution >= 0.6 is 0 Å². The molecule has 2 aromatic heterocycles. The molecule has 23 heavy (non-hydrogen) atoms. The first-order valence-electron chi connectivity index (χ1n) is 7.10. The van der Waals surface area contributed by atoms with Crippen molar-refractivity contribution in [3.05, 3.63) is 47.9 Å². The molecule has 0 N–H and O–H groups in total. The van der Waals surface area contributed by atoms with Gasteiger partial charge in [-0.3, -0.25) is 4.98 Å². The van der Waals surface area contributed by atoms with Gasteiger partial charge in [-0.1, -0.05) is 6.07 Å². The highest BCUT2D eigenvalue weighted by Gasteiger charge is 2.39. The summed E-state index contributed by atoms with van der Waals surface area (Å²) in [4.78, 5) is 15.9. The third-order valence-corrected chi connectivity index (χ3v) is 5.95. The summed E-state index contributed by atoms with van der Waals surface area (Å²) in [6.07, 6.45) is 1.70. The number of nitrogens with zero attached hydrogens (tertiary/aromatic N) is 3. The summed E-state index contributed by atoms with van der Waals surface area (Å²) < 4.78 is 32.7. The molecule has 7 nitrogen and oxygen atoms in total. The summed E-state index contributed by atoms with van der Waals surface area (Å²) in [5.74, 6) is -0.463. The van der Waals surface area contributed by atoms with Crippen molar-refractivity contribution in [2.24, 2.45) is 7.05 Å². The lowest BCUT2D eigenvalue weighted by molar-refractivity contribution is 0.0589. The third-order valence-electron chi connectivity index (χ3n) is 4.03. The molecule has 3 rings (SSSR count). The normalized spacial score (nSPS) is 16.1. The molecule has 0 amide bonds. The summed E-state index contributed by atoms with van der Waals surface area (Å²) in [6.45, 7) is 0.774. The highest BCUT2D eigenvalue weighted by Crippen LogP contribution is 2.31. The van der Waals surface area contributed by atoms with Gasteiger partial charge in [-0.25, -0.2) is 13.2 Å². The average molecular weight is 335 g/mol. The van der Waals surface area contributed by atoms with E-state index in [1.54, 1.807) is 6.20 Å². The Labute approximate surface area is 134 Å². The summed E-state index contributed by atoms with van der Waals surface area (Å²) in [7, 11) is -0.837. The van der Waals surface area contributed by atoms with Gasteiger partial charge >= 0.3 is 5.97 Å². The Morgan fingerprint density at radius 2 is 2.00 bits per heavy atom. The molecule has 122 valence electrons. The van der Waals surface area contributed by atoms with E-state index in [2.05, 4.69) is 9.72 Å². The number of sulfonamides is 1. The minimum atomic E-state index is -3.63. The number of hydrogen-bond donors (Lipinski definition) is 0. The number of aromatic nitrogens is 2. The van der Waals surface area contributed by atoms with Crippen LogP contribution in [0.1, 0.15) is 22.1 Å². The van der Waals surface area contributed by atoms with Gasteiger partial charge in [0.15, 0.2) is 5.03 Å². The largest absolute Gasteiger partial charge is 0.464 e. The van der Waals surface area contributed by atoms with Gasteiger partial charge in [0.05, 0.1) is 7.11 Å². The van der Waals surface area contributed by atoms with Gasteiger partial charge in [-0.2, -0.15) is 4.31 Å². The number of ether oxygens (including phenoxy) is 1. The fourth-order valence-corrected chi connectivity index (χ4v) is 4.33. The van der Waals surface area contributed by atoms with E-state index >= 15 is 0 Å². The zero-order valence-corrected chi connectivity index (χ0v) is 13.7.